The summed E-state index contributed by atoms with van der Waals surface area (Å²) in [6.07, 6.45) is 3.57. The van der Waals surface area contributed by atoms with Gasteiger partial charge in [0.15, 0.2) is 0 Å². The number of hydrogen-bond donors (Lipinski definition) is 1. The average molecular weight is 278 g/mol. The number of aromatic nitrogens is 2. The maximum absolute atomic E-state index is 12.0. The number of carbonyl (C=O) groups is 1. The van der Waals surface area contributed by atoms with E-state index < -0.39 is 0 Å². The van der Waals surface area contributed by atoms with Crippen molar-refractivity contribution in [1.82, 2.24) is 20.0 Å². The summed E-state index contributed by atoms with van der Waals surface area (Å²) in [5.74, 6) is 0.0521. The van der Waals surface area contributed by atoms with Crippen molar-refractivity contribution in [3.05, 3.63) is 17.0 Å². The highest BCUT2D eigenvalue weighted by Gasteiger charge is 2.20. The lowest BCUT2D eigenvalue weighted by molar-refractivity contribution is -0.121. The van der Waals surface area contributed by atoms with Gasteiger partial charge in [0.1, 0.15) is 6.54 Å². The number of amides is 1. The standard InChI is InChI=1S/C15H26N4O/c1-11-12(2)17-19(13(11)3)10-15(20)16-8-7-14-6-5-9-18(14)4/h14H,5-10H2,1-4H3,(H,16,20). The monoisotopic (exact) mass is 278 g/mol. The van der Waals surface area contributed by atoms with Gasteiger partial charge in [-0.2, -0.15) is 5.10 Å². The van der Waals surface area contributed by atoms with Crippen LogP contribution in [0.15, 0.2) is 0 Å². The minimum Gasteiger partial charge on any atom is -0.354 e. The summed E-state index contributed by atoms with van der Waals surface area (Å²) in [4.78, 5) is 14.3. The molecular formula is C15H26N4O. The maximum Gasteiger partial charge on any atom is 0.241 e. The van der Waals surface area contributed by atoms with Gasteiger partial charge in [-0.05, 0) is 59.2 Å². The van der Waals surface area contributed by atoms with Crippen LogP contribution in [0.3, 0.4) is 0 Å². The van der Waals surface area contributed by atoms with Crippen molar-refractivity contribution >= 4 is 5.91 Å². The van der Waals surface area contributed by atoms with Crippen molar-refractivity contribution in [1.29, 1.82) is 0 Å². The highest BCUT2D eigenvalue weighted by molar-refractivity contribution is 5.75. The molecule has 1 unspecified atom stereocenters. The zero-order chi connectivity index (χ0) is 14.7. The largest absolute Gasteiger partial charge is 0.354 e. The molecule has 0 aliphatic carbocycles. The first-order valence-corrected chi connectivity index (χ1v) is 7.46. The zero-order valence-corrected chi connectivity index (χ0v) is 13.1. The topological polar surface area (TPSA) is 50.2 Å². The molecule has 1 aromatic heterocycles. The van der Waals surface area contributed by atoms with E-state index in [4.69, 9.17) is 0 Å². The van der Waals surface area contributed by atoms with Crippen LogP contribution in [0.1, 0.15) is 36.2 Å². The van der Waals surface area contributed by atoms with Crippen LogP contribution in [0, 0.1) is 20.8 Å². The summed E-state index contributed by atoms with van der Waals surface area (Å²) >= 11 is 0. The van der Waals surface area contributed by atoms with Gasteiger partial charge in [0.25, 0.3) is 0 Å². The molecule has 5 heteroatoms. The van der Waals surface area contributed by atoms with E-state index in [0.717, 1.165) is 24.4 Å². The number of aryl methyl sites for hydroxylation is 1. The van der Waals surface area contributed by atoms with Gasteiger partial charge < -0.3 is 10.2 Å². The third-order valence-corrected chi connectivity index (χ3v) is 4.51. The first-order valence-electron chi connectivity index (χ1n) is 7.46. The second kappa shape index (κ2) is 6.39. The predicted molar refractivity (Wildman–Crippen MR) is 79.7 cm³/mol. The lowest BCUT2D eigenvalue weighted by Crippen LogP contribution is -2.33. The van der Waals surface area contributed by atoms with E-state index >= 15 is 0 Å². The van der Waals surface area contributed by atoms with E-state index in [2.05, 4.69) is 22.4 Å². The van der Waals surface area contributed by atoms with E-state index in [1.165, 1.54) is 24.9 Å². The molecule has 0 saturated carbocycles. The zero-order valence-electron chi connectivity index (χ0n) is 13.1. The Bertz CT molecular complexity index is 480. The molecular weight excluding hydrogens is 252 g/mol. The molecule has 0 aromatic carbocycles. The molecule has 0 radical (unpaired) electrons. The fourth-order valence-corrected chi connectivity index (χ4v) is 2.85. The van der Waals surface area contributed by atoms with Crippen molar-refractivity contribution in [2.24, 2.45) is 0 Å². The molecule has 1 fully saturated rings. The quantitative estimate of drug-likeness (QED) is 0.886. The van der Waals surface area contributed by atoms with Crippen molar-refractivity contribution in [2.75, 3.05) is 20.1 Å². The Hall–Kier alpha value is -1.36. The average Bonchev–Trinajstić information content (AvgIpc) is 2.90. The Morgan fingerprint density at radius 1 is 1.40 bits per heavy atom. The second-order valence-electron chi connectivity index (χ2n) is 5.87. The summed E-state index contributed by atoms with van der Waals surface area (Å²) in [6, 6.07) is 0.631. The number of nitrogens with zero attached hydrogens (tertiary/aromatic N) is 3. The molecule has 112 valence electrons. The lowest BCUT2D eigenvalue weighted by atomic mass is 10.1. The smallest absolute Gasteiger partial charge is 0.241 e. The minimum absolute atomic E-state index is 0.0521. The van der Waals surface area contributed by atoms with Gasteiger partial charge in [-0.1, -0.05) is 0 Å². The van der Waals surface area contributed by atoms with Crippen LogP contribution >= 0.6 is 0 Å². The lowest BCUT2D eigenvalue weighted by Gasteiger charge is -2.19. The molecule has 1 aliphatic rings. The predicted octanol–water partition coefficient (Wildman–Crippen LogP) is 1.41. The SMILES string of the molecule is Cc1nn(CC(=O)NCCC2CCCN2C)c(C)c1C. The van der Waals surface area contributed by atoms with E-state index in [-0.39, 0.29) is 5.91 Å². The Labute approximate surface area is 121 Å². The van der Waals surface area contributed by atoms with Crippen LogP contribution < -0.4 is 5.32 Å². The van der Waals surface area contributed by atoms with Crippen LogP contribution in [-0.4, -0.2) is 46.8 Å². The fourth-order valence-electron chi connectivity index (χ4n) is 2.85. The van der Waals surface area contributed by atoms with Gasteiger partial charge in [0.2, 0.25) is 5.91 Å². The molecule has 0 bridgehead atoms. The summed E-state index contributed by atoms with van der Waals surface area (Å²) in [7, 11) is 2.16. The van der Waals surface area contributed by atoms with Gasteiger partial charge >= 0.3 is 0 Å². The summed E-state index contributed by atoms with van der Waals surface area (Å²) in [6.45, 7) is 8.29. The molecule has 1 N–H and O–H groups in total. The van der Waals surface area contributed by atoms with Crippen LogP contribution in [-0.2, 0) is 11.3 Å². The van der Waals surface area contributed by atoms with Crippen LogP contribution in [0.25, 0.3) is 0 Å². The Morgan fingerprint density at radius 2 is 2.15 bits per heavy atom. The van der Waals surface area contributed by atoms with Gasteiger partial charge in [0.05, 0.1) is 5.69 Å². The molecule has 20 heavy (non-hydrogen) atoms. The maximum atomic E-state index is 12.0. The van der Waals surface area contributed by atoms with Gasteiger partial charge in [-0.15, -0.1) is 0 Å². The molecule has 0 spiro atoms. The van der Waals surface area contributed by atoms with Gasteiger partial charge in [-0.3, -0.25) is 9.48 Å². The van der Waals surface area contributed by atoms with Crippen molar-refractivity contribution in [3.8, 4) is 0 Å². The fraction of sp³-hybridized carbons (Fsp3) is 0.733. The molecule has 2 heterocycles. The molecule has 1 saturated heterocycles. The molecule has 2 rings (SSSR count). The van der Waals surface area contributed by atoms with Crippen LogP contribution in [0.2, 0.25) is 0 Å². The van der Waals surface area contributed by atoms with Gasteiger partial charge in [0, 0.05) is 18.3 Å². The second-order valence-corrected chi connectivity index (χ2v) is 5.87. The first-order chi connectivity index (χ1) is 9.49. The number of likely N-dealkylation sites (tertiary alicyclic amines) is 1. The van der Waals surface area contributed by atoms with Gasteiger partial charge in [-0.25, -0.2) is 0 Å². The number of rotatable bonds is 5. The highest BCUT2D eigenvalue weighted by atomic mass is 16.2. The summed E-state index contributed by atoms with van der Waals surface area (Å²) in [5.41, 5.74) is 3.25. The third kappa shape index (κ3) is 3.39. The minimum atomic E-state index is 0.0521. The van der Waals surface area contributed by atoms with E-state index in [9.17, 15) is 4.79 Å². The number of nitrogens with one attached hydrogen (secondary N) is 1. The van der Waals surface area contributed by atoms with E-state index in [1.807, 2.05) is 20.8 Å². The summed E-state index contributed by atoms with van der Waals surface area (Å²) in [5, 5.41) is 7.40. The van der Waals surface area contributed by atoms with Crippen LogP contribution in [0.5, 0.6) is 0 Å². The molecule has 1 amide bonds. The first kappa shape index (κ1) is 15.0. The Balaban J connectivity index is 1.76. The van der Waals surface area contributed by atoms with Crippen molar-refractivity contribution in [2.45, 2.75) is 52.6 Å². The summed E-state index contributed by atoms with van der Waals surface area (Å²) < 4.78 is 1.79. The van der Waals surface area contributed by atoms with Crippen molar-refractivity contribution in [3.63, 3.8) is 0 Å². The highest BCUT2D eigenvalue weighted by Crippen LogP contribution is 2.17. The number of carbonyl (C=O) groups excluding carboxylic acids is 1. The Kier molecular flexibility index (Phi) is 4.81. The van der Waals surface area contributed by atoms with Crippen LogP contribution in [0.4, 0.5) is 0 Å². The molecule has 1 aliphatic heterocycles. The van der Waals surface area contributed by atoms with E-state index in [0.29, 0.717) is 12.6 Å². The third-order valence-electron chi connectivity index (χ3n) is 4.51. The van der Waals surface area contributed by atoms with E-state index in [1.54, 1.807) is 4.68 Å². The molecule has 5 nitrogen and oxygen atoms in total. The molecule has 1 atom stereocenters. The van der Waals surface area contributed by atoms with Crippen molar-refractivity contribution < 1.29 is 4.79 Å². The molecule has 1 aromatic rings. The number of hydrogen-bond acceptors (Lipinski definition) is 3. The normalized spacial score (nSPS) is 19.5. The Morgan fingerprint density at radius 3 is 2.70 bits per heavy atom.